The van der Waals surface area contributed by atoms with E-state index < -0.39 is 155 Å². The Morgan fingerprint density at radius 1 is 0.540 bits per heavy atom. The van der Waals surface area contributed by atoms with Gasteiger partial charge >= 0.3 is 0 Å². The van der Waals surface area contributed by atoms with Gasteiger partial charge in [0.15, 0.2) is 18.9 Å². The number of aliphatic hydroxyl groups is 11. The lowest BCUT2D eigenvalue weighted by Gasteiger charge is -2.49. The molecule has 22 nitrogen and oxygen atoms in total. The van der Waals surface area contributed by atoms with Gasteiger partial charge in [-0.3, -0.25) is 9.59 Å². The second kappa shape index (κ2) is 17.8. The van der Waals surface area contributed by atoms with Crippen molar-refractivity contribution in [1.29, 1.82) is 0 Å². The van der Waals surface area contributed by atoms with Crippen LogP contribution in [0.15, 0.2) is 0 Å². The molecule has 290 valence electrons. The third-order valence-electron chi connectivity index (χ3n) is 8.94. The van der Waals surface area contributed by atoms with Crippen molar-refractivity contribution in [1.82, 2.24) is 10.6 Å². The number of hydrogen-bond donors (Lipinski definition) is 13. The van der Waals surface area contributed by atoms with E-state index in [0.717, 1.165) is 6.92 Å². The molecule has 0 aliphatic carbocycles. The molecule has 19 atom stereocenters. The van der Waals surface area contributed by atoms with Gasteiger partial charge in [-0.25, -0.2) is 0 Å². The van der Waals surface area contributed by atoms with Gasteiger partial charge in [0.05, 0.1) is 39.1 Å². The van der Waals surface area contributed by atoms with Gasteiger partial charge in [-0.1, -0.05) is 0 Å². The number of carbonyl (C=O) groups is 2. The van der Waals surface area contributed by atoms with E-state index in [0.29, 0.717) is 0 Å². The topological polar surface area (TPSA) is 345 Å². The molecule has 13 N–H and O–H groups in total. The second-order valence-electron chi connectivity index (χ2n) is 12.5. The minimum atomic E-state index is -2.01. The van der Waals surface area contributed by atoms with Crippen LogP contribution >= 0.6 is 0 Å². The van der Waals surface area contributed by atoms with Crippen LogP contribution in [0.4, 0.5) is 0 Å². The van der Waals surface area contributed by atoms with Crippen molar-refractivity contribution >= 4 is 11.8 Å². The Morgan fingerprint density at radius 3 is 1.58 bits per heavy atom. The Kier molecular flexibility index (Phi) is 14.6. The van der Waals surface area contributed by atoms with E-state index in [1.54, 1.807) is 0 Å². The molecule has 2 amide bonds. The Labute approximate surface area is 285 Å². The zero-order valence-corrected chi connectivity index (χ0v) is 27.1. The van der Waals surface area contributed by atoms with Gasteiger partial charge in [0.25, 0.3) is 0 Å². The van der Waals surface area contributed by atoms with E-state index in [2.05, 4.69) is 10.6 Å². The molecule has 4 saturated heterocycles. The predicted molar refractivity (Wildman–Crippen MR) is 156 cm³/mol. The fourth-order valence-electron chi connectivity index (χ4n) is 6.29. The molecule has 4 aliphatic rings. The highest BCUT2D eigenvalue weighted by atomic mass is 16.8. The van der Waals surface area contributed by atoms with E-state index >= 15 is 0 Å². The number of hydrogen-bond acceptors (Lipinski definition) is 20. The number of ether oxygens (including phenoxy) is 7. The molecule has 0 spiro atoms. The monoisotopic (exact) mass is 732 g/mol. The number of amides is 2. The zero-order valence-electron chi connectivity index (χ0n) is 27.1. The van der Waals surface area contributed by atoms with Crippen LogP contribution < -0.4 is 10.6 Å². The number of nitrogens with one attached hydrogen (secondary N) is 2. The lowest BCUT2D eigenvalue weighted by Crippen LogP contribution is -2.69. The van der Waals surface area contributed by atoms with Crippen molar-refractivity contribution in [3.63, 3.8) is 0 Å². The van der Waals surface area contributed by atoms with Crippen LogP contribution in [0.5, 0.6) is 0 Å². The molecule has 4 heterocycles. The lowest BCUT2D eigenvalue weighted by molar-refractivity contribution is -0.378. The third kappa shape index (κ3) is 8.87. The number of rotatable bonds is 12. The Balaban J connectivity index is 1.55. The van der Waals surface area contributed by atoms with Crippen molar-refractivity contribution in [3.05, 3.63) is 0 Å². The summed E-state index contributed by atoms with van der Waals surface area (Å²) in [4.78, 5) is 23.9. The maximum Gasteiger partial charge on any atom is 0.217 e. The fourth-order valence-corrected chi connectivity index (χ4v) is 6.29. The highest BCUT2D eigenvalue weighted by Crippen LogP contribution is 2.34. The van der Waals surface area contributed by atoms with Crippen LogP contribution in [0.25, 0.3) is 0 Å². The van der Waals surface area contributed by atoms with Crippen molar-refractivity contribution in [2.75, 3.05) is 33.0 Å². The summed E-state index contributed by atoms with van der Waals surface area (Å²) in [6.45, 7) is -1.08. The molecule has 50 heavy (non-hydrogen) atoms. The van der Waals surface area contributed by atoms with E-state index in [-0.39, 0.29) is 6.61 Å². The molecule has 4 fully saturated rings. The molecule has 0 aromatic heterocycles. The van der Waals surface area contributed by atoms with Crippen LogP contribution in [0.3, 0.4) is 0 Å². The van der Waals surface area contributed by atoms with Crippen LogP contribution in [0, 0.1) is 0 Å². The third-order valence-corrected chi connectivity index (χ3v) is 8.94. The second-order valence-corrected chi connectivity index (χ2v) is 12.5. The van der Waals surface area contributed by atoms with Crippen LogP contribution in [0.1, 0.15) is 13.8 Å². The average Bonchev–Trinajstić information content (AvgIpc) is 3.08. The first kappa shape index (κ1) is 41.0. The summed E-state index contributed by atoms with van der Waals surface area (Å²) in [7, 11) is 0. The molecule has 0 bridgehead atoms. The summed E-state index contributed by atoms with van der Waals surface area (Å²) in [5.41, 5.74) is 0. The van der Waals surface area contributed by atoms with Gasteiger partial charge in [0, 0.05) is 13.8 Å². The molecule has 0 aromatic rings. The average molecular weight is 733 g/mol. The molecular formula is C28H48N2O20. The summed E-state index contributed by atoms with van der Waals surface area (Å²) in [6, 6.07) is -2.50. The fraction of sp³-hybridized carbons (Fsp3) is 0.929. The molecule has 4 aliphatic heterocycles. The van der Waals surface area contributed by atoms with Gasteiger partial charge in [-0.05, 0) is 0 Å². The van der Waals surface area contributed by atoms with Crippen LogP contribution in [-0.4, -0.2) is 217 Å². The highest BCUT2D eigenvalue weighted by Gasteiger charge is 2.55. The predicted octanol–water partition coefficient (Wildman–Crippen LogP) is -8.78. The van der Waals surface area contributed by atoms with E-state index in [1.807, 2.05) is 0 Å². The SMILES string of the molecule is CC(=O)N[C@H]1[C@H](O[C@H]2[C@H](O)[C@@H](NC(C)=O)CO[C@@H]2CO)O[C@H](CO)[C@@H](O[C@H]2O[C@H](CO)[C@@H](O)[C@H](O[C@@H]3O[C@H](CO)[C@@H](O)[C@H](O)[C@@H]3O)[C@@H]2O)[C@@H]1O. The van der Waals surface area contributed by atoms with E-state index in [1.165, 1.54) is 6.92 Å². The van der Waals surface area contributed by atoms with Crippen LogP contribution in [-0.2, 0) is 42.7 Å². The first-order valence-corrected chi connectivity index (χ1v) is 16.0. The van der Waals surface area contributed by atoms with E-state index in [9.17, 15) is 65.8 Å². The molecule has 0 saturated carbocycles. The first-order valence-electron chi connectivity index (χ1n) is 16.0. The van der Waals surface area contributed by atoms with Crippen LogP contribution in [0.2, 0.25) is 0 Å². The Hall–Kier alpha value is -1.78. The maximum absolute atomic E-state index is 12.2. The molecule has 0 unspecified atom stereocenters. The van der Waals surface area contributed by atoms with Gasteiger partial charge < -0.3 is 100.0 Å². The highest BCUT2D eigenvalue weighted by molar-refractivity contribution is 5.73. The largest absolute Gasteiger partial charge is 0.394 e. The molecule has 0 aromatic carbocycles. The summed E-state index contributed by atoms with van der Waals surface area (Å²) in [5, 5.41) is 120. The standard InChI is InChI=1S/C28H48N2O20/c1-8(35)29-10-7-44-13(5-33)23(16(10)37)48-26-15(30-9(2)36)19(40)24(14(6-34)47-26)49-28-22(43)25(18(39)12(4-32)46-28)50-27-21(42)20(41)17(38)11(3-31)45-27/h10-28,31-34,37-43H,3-7H2,1-2H3,(H,29,35)(H,30,36)/t10-,11+,12+,13+,14+,15+,16+,17+,18+,19+,20-,21-,22-,23+,24+,25-,26-,27-,28+/m0/s1. The van der Waals surface area contributed by atoms with Gasteiger partial charge in [0.2, 0.25) is 11.8 Å². The maximum atomic E-state index is 12.2. The Morgan fingerprint density at radius 2 is 1.02 bits per heavy atom. The normalized spacial score (nSPS) is 47.0. The summed E-state index contributed by atoms with van der Waals surface area (Å²) in [5.74, 6) is -1.20. The molecular weight excluding hydrogens is 684 g/mol. The quantitative estimate of drug-likeness (QED) is 0.0885. The minimum Gasteiger partial charge on any atom is -0.394 e. The lowest BCUT2D eigenvalue weighted by atomic mass is 9.94. The summed E-state index contributed by atoms with van der Waals surface area (Å²) in [6.07, 6.45) is -28.5. The van der Waals surface area contributed by atoms with Crippen molar-refractivity contribution in [3.8, 4) is 0 Å². The summed E-state index contributed by atoms with van der Waals surface area (Å²) >= 11 is 0. The molecule has 0 radical (unpaired) electrons. The van der Waals surface area contributed by atoms with Crippen molar-refractivity contribution < 1.29 is 98.9 Å². The smallest absolute Gasteiger partial charge is 0.217 e. The first-order chi connectivity index (χ1) is 23.7. The molecule has 4 rings (SSSR count). The van der Waals surface area contributed by atoms with Gasteiger partial charge in [-0.15, -0.1) is 0 Å². The van der Waals surface area contributed by atoms with Crippen molar-refractivity contribution in [2.45, 2.75) is 130 Å². The minimum absolute atomic E-state index is 0.182. The summed E-state index contributed by atoms with van der Waals surface area (Å²) < 4.78 is 39.5. The van der Waals surface area contributed by atoms with E-state index in [4.69, 9.17) is 33.2 Å². The molecule has 22 heteroatoms. The zero-order chi connectivity index (χ0) is 37.0. The Bertz CT molecular complexity index is 1110. The number of aliphatic hydroxyl groups excluding tert-OH is 11. The number of carbonyl (C=O) groups excluding carboxylic acids is 2. The van der Waals surface area contributed by atoms with Gasteiger partial charge in [-0.2, -0.15) is 0 Å². The van der Waals surface area contributed by atoms with Gasteiger partial charge in [0.1, 0.15) is 91.5 Å². The van der Waals surface area contributed by atoms with Crippen molar-refractivity contribution in [2.24, 2.45) is 0 Å².